The number of azo groups is 1. The number of aromatic nitrogens is 4. The van der Waals surface area contributed by atoms with Crippen molar-refractivity contribution in [2.24, 2.45) is 10.2 Å². The number of rotatable bonds is 8. The monoisotopic (exact) mass is 435 g/mol. The molecule has 3 rings (SSSR count). The van der Waals surface area contributed by atoms with Gasteiger partial charge in [-0.3, -0.25) is 0 Å². The number of aliphatic hydroxyl groups is 1. The molecule has 12 heteroatoms. The second-order valence-electron chi connectivity index (χ2n) is 6.16. The van der Waals surface area contributed by atoms with Gasteiger partial charge in [-0.15, -0.1) is 20.4 Å². The first-order valence-corrected chi connectivity index (χ1v) is 11.3. The minimum absolute atomic E-state index is 0.156. The highest BCUT2D eigenvalue weighted by atomic mass is 32.2. The van der Waals surface area contributed by atoms with E-state index in [0.29, 0.717) is 22.2 Å². The van der Waals surface area contributed by atoms with Crippen molar-refractivity contribution < 1.29 is 13.5 Å². The zero-order valence-corrected chi connectivity index (χ0v) is 17.9. The van der Waals surface area contributed by atoms with Crippen molar-refractivity contribution >= 4 is 37.1 Å². The van der Waals surface area contributed by atoms with Crippen LogP contribution < -0.4 is 4.90 Å². The van der Waals surface area contributed by atoms with Crippen LogP contribution in [0.15, 0.2) is 45.6 Å². The second kappa shape index (κ2) is 8.76. The lowest BCUT2D eigenvalue weighted by Crippen LogP contribution is -2.15. The van der Waals surface area contributed by atoms with Gasteiger partial charge < -0.3 is 10.0 Å². The van der Waals surface area contributed by atoms with Crippen LogP contribution in [0, 0.1) is 6.92 Å². The second-order valence-corrected chi connectivity index (χ2v) is 9.21. The highest BCUT2D eigenvalue weighted by Gasteiger charge is 2.14. The summed E-state index contributed by atoms with van der Waals surface area (Å²) in [6.45, 7) is 4.23. The number of sulfone groups is 1. The van der Waals surface area contributed by atoms with Crippen molar-refractivity contribution in [2.75, 3.05) is 30.9 Å². The van der Waals surface area contributed by atoms with E-state index in [4.69, 9.17) is 5.11 Å². The zero-order chi connectivity index (χ0) is 21.0. The van der Waals surface area contributed by atoms with Gasteiger partial charge in [0.25, 0.3) is 5.13 Å². The van der Waals surface area contributed by atoms with Crippen molar-refractivity contribution in [3.05, 3.63) is 36.2 Å². The molecule has 0 saturated heterocycles. The Morgan fingerprint density at radius 3 is 2.59 bits per heavy atom. The maximum absolute atomic E-state index is 12.0. The standard InChI is InChI=1S/C17H21N7O3S2/c1-4-23(3)17-21-20-16(28-17)19-18-15-11-24(22-12(15)2)13-5-7-14(8-6-13)29(26,27)10-9-25/h5-8,11,25H,4,9-10H2,1-3H3. The van der Waals surface area contributed by atoms with Gasteiger partial charge in [0.15, 0.2) is 9.84 Å². The number of hydrogen-bond donors (Lipinski definition) is 1. The highest BCUT2D eigenvalue weighted by molar-refractivity contribution is 7.91. The Morgan fingerprint density at radius 1 is 1.21 bits per heavy atom. The van der Waals surface area contributed by atoms with E-state index in [9.17, 15) is 8.42 Å². The normalized spacial score (nSPS) is 12.0. The van der Waals surface area contributed by atoms with Crippen LogP contribution >= 0.6 is 11.3 Å². The van der Waals surface area contributed by atoms with Crippen molar-refractivity contribution in [3.8, 4) is 5.69 Å². The van der Waals surface area contributed by atoms with E-state index in [1.54, 1.807) is 29.9 Å². The molecular weight excluding hydrogens is 414 g/mol. The van der Waals surface area contributed by atoms with E-state index >= 15 is 0 Å². The number of anilines is 1. The summed E-state index contributed by atoms with van der Waals surface area (Å²) >= 11 is 1.34. The summed E-state index contributed by atoms with van der Waals surface area (Å²) in [6.07, 6.45) is 1.70. The molecule has 0 fully saturated rings. The van der Waals surface area contributed by atoms with E-state index in [1.807, 2.05) is 18.9 Å². The molecule has 1 aromatic carbocycles. The fourth-order valence-electron chi connectivity index (χ4n) is 2.36. The summed E-state index contributed by atoms with van der Waals surface area (Å²) in [5.74, 6) is -0.306. The first kappa shape index (κ1) is 21.0. The largest absolute Gasteiger partial charge is 0.395 e. The molecule has 29 heavy (non-hydrogen) atoms. The fraction of sp³-hybridized carbons (Fsp3) is 0.353. The van der Waals surface area contributed by atoms with Gasteiger partial charge in [0.05, 0.1) is 34.8 Å². The van der Waals surface area contributed by atoms with Gasteiger partial charge in [-0.1, -0.05) is 11.3 Å². The quantitative estimate of drug-likeness (QED) is 0.539. The molecule has 2 aromatic heterocycles. The van der Waals surface area contributed by atoms with Crippen LogP contribution in [0.25, 0.3) is 5.69 Å². The van der Waals surface area contributed by atoms with Gasteiger partial charge in [0, 0.05) is 13.6 Å². The molecule has 0 unspecified atom stereocenters. The van der Waals surface area contributed by atoms with Crippen LogP contribution in [-0.2, 0) is 9.84 Å². The first-order chi connectivity index (χ1) is 13.8. The lowest BCUT2D eigenvalue weighted by atomic mass is 10.3. The predicted octanol–water partition coefficient (Wildman–Crippen LogP) is 2.67. The summed E-state index contributed by atoms with van der Waals surface area (Å²) in [6, 6.07) is 6.28. The van der Waals surface area contributed by atoms with E-state index in [2.05, 4.69) is 25.5 Å². The third-order valence-electron chi connectivity index (χ3n) is 4.14. The molecule has 0 amide bonds. The molecule has 2 heterocycles. The van der Waals surface area contributed by atoms with E-state index in [1.165, 1.54) is 23.5 Å². The van der Waals surface area contributed by atoms with Gasteiger partial charge in [-0.25, -0.2) is 13.1 Å². The summed E-state index contributed by atoms with van der Waals surface area (Å²) in [5, 5.41) is 30.9. The Labute approximate surface area is 172 Å². The van der Waals surface area contributed by atoms with Gasteiger partial charge in [0.2, 0.25) is 5.13 Å². The molecule has 3 aromatic rings. The van der Waals surface area contributed by atoms with E-state index < -0.39 is 16.4 Å². The van der Waals surface area contributed by atoms with Crippen LogP contribution in [0.2, 0.25) is 0 Å². The van der Waals surface area contributed by atoms with Crippen LogP contribution in [-0.4, -0.2) is 59.5 Å². The summed E-state index contributed by atoms with van der Waals surface area (Å²) < 4.78 is 25.6. The van der Waals surface area contributed by atoms with Crippen LogP contribution in [0.3, 0.4) is 0 Å². The lowest BCUT2D eigenvalue weighted by Gasteiger charge is -2.09. The Morgan fingerprint density at radius 2 is 1.93 bits per heavy atom. The molecule has 154 valence electrons. The third-order valence-corrected chi connectivity index (χ3v) is 6.77. The summed E-state index contributed by atoms with van der Waals surface area (Å²) in [4.78, 5) is 2.12. The molecule has 0 aliphatic rings. The van der Waals surface area contributed by atoms with Crippen LogP contribution in [0.4, 0.5) is 16.0 Å². The minimum Gasteiger partial charge on any atom is -0.395 e. The third kappa shape index (κ3) is 4.83. The van der Waals surface area contributed by atoms with E-state index in [-0.39, 0.29) is 10.6 Å². The molecule has 0 atom stereocenters. The first-order valence-electron chi connectivity index (χ1n) is 8.80. The molecule has 0 aliphatic heterocycles. The fourth-order valence-corrected chi connectivity index (χ4v) is 4.08. The number of nitrogens with zero attached hydrogens (tertiary/aromatic N) is 7. The van der Waals surface area contributed by atoms with Gasteiger partial charge in [0.1, 0.15) is 5.69 Å². The van der Waals surface area contributed by atoms with Crippen molar-refractivity contribution in [2.45, 2.75) is 18.7 Å². The van der Waals surface area contributed by atoms with Crippen molar-refractivity contribution in [1.29, 1.82) is 0 Å². The number of aryl methyl sites for hydroxylation is 1. The lowest BCUT2D eigenvalue weighted by molar-refractivity contribution is 0.319. The van der Waals surface area contributed by atoms with Crippen molar-refractivity contribution in [1.82, 2.24) is 20.0 Å². The Bertz CT molecular complexity index is 1100. The summed E-state index contributed by atoms with van der Waals surface area (Å²) in [5.41, 5.74) is 1.92. The molecular formula is C17H21N7O3S2. The molecule has 10 nitrogen and oxygen atoms in total. The Hall–Kier alpha value is -2.70. The molecule has 0 radical (unpaired) electrons. The molecule has 1 N–H and O–H groups in total. The molecule has 0 bridgehead atoms. The summed E-state index contributed by atoms with van der Waals surface area (Å²) in [7, 11) is -1.56. The maximum atomic E-state index is 12.0. The highest BCUT2D eigenvalue weighted by Crippen LogP contribution is 2.28. The van der Waals surface area contributed by atoms with E-state index in [0.717, 1.165) is 11.7 Å². The van der Waals surface area contributed by atoms with Crippen molar-refractivity contribution in [3.63, 3.8) is 0 Å². The number of aliphatic hydroxyl groups excluding tert-OH is 1. The SMILES string of the molecule is CCN(C)c1nnc(N=Nc2cn(-c3ccc(S(=O)(=O)CCO)cc3)nc2C)s1. The molecule has 0 aliphatic carbocycles. The number of hydrogen-bond acceptors (Lipinski definition) is 10. The minimum atomic E-state index is -3.49. The zero-order valence-electron chi connectivity index (χ0n) is 16.2. The molecule has 0 spiro atoms. The Kier molecular flexibility index (Phi) is 6.35. The predicted molar refractivity (Wildman–Crippen MR) is 110 cm³/mol. The molecule has 0 saturated carbocycles. The van der Waals surface area contributed by atoms with Crippen LogP contribution in [0.5, 0.6) is 0 Å². The van der Waals surface area contributed by atoms with Gasteiger partial charge in [-0.2, -0.15) is 5.10 Å². The average molecular weight is 436 g/mol. The maximum Gasteiger partial charge on any atom is 0.253 e. The van der Waals surface area contributed by atoms with Gasteiger partial charge >= 0.3 is 0 Å². The number of benzene rings is 1. The topological polar surface area (TPSA) is 126 Å². The smallest absolute Gasteiger partial charge is 0.253 e. The average Bonchev–Trinajstić information content (AvgIpc) is 3.32. The van der Waals surface area contributed by atoms with Gasteiger partial charge in [-0.05, 0) is 38.1 Å². The van der Waals surface area contributed by atoms with Crippen LogP contribution in [0.1, 0.15) is 12.6 Å². The Balaban J connectivity index is 1.79.